The van der Waals surface area contributed by atoms with E-state index in [-0.39, 0.29) is 11.9 Å². The molecule has 1 aromatic rings. The van der Waals surface area contributed by atoms with Crippen molar-refractivity contribution in [2.45, 2.75) is 25.1 Å². The average Bonchev–Trinajstić information content (AvgIpc) is 3.00. The van der Waals surface area contributed by atoms with Gasteiger partial charge in [0, 0.05) is 13.2 Å². The molecule has 0 aromatic carbocycles. The first-order valence-electron chi connectivity index (χ1n) is 4.92. The lowest BCUT2D eigenvalue weighted by Gasteiger charge is -2.12. The van der Waals surface area contributed by atoms with Crippen molar-refractivity contribution >= 4 is 5.82 Å². The lowest BCUT2D eigenvalue weighted by molar-refractivity contribution is -0.137. The zero-order chi connectivity index (χ0) is 11.8. The van der Waals surface area contributed by atoms with E-state index in [4.69, 9.17) is 4.74 Å². The summed E-state index contributed by atoms with van der Waals surface area (Å²) in [7, 11) is 1.59. The van der Waals surface area contributed by atoms with Crippen LogP contribution in [-0.4, -0.2) is 18.1 Å². The fraction of sp³-hybridized carbons (Fsp3) is 0.500. The molecule has 1 N–H and O–H groups in total. The minimum atomic E-state index is -4.39. The Balaban J connectivity index is 2.29. The molecule has 1 aliphatic rings. The molecule has 0 unspecified atom stereocenters. The Morgan fingerprint density at radius 1 is 1.44 bits per heavy atom. The zero-order valence-electron chi connectivity index (χ0n) is 8.64. The van der Waals surface area contributed by atoms with Crippen molar-refractivity contribution in [1.29, 1.82) is 0 Å². The number of alkyl halides is 3. The summed E-state index contributed by atoms with van der Waals surface area (Å²) < 4.78 is 42.7. The maximum atomic E-state index is 12.4. The van der Waals surface area contributed by atoms with Crippen LogP contribution in [0.3, 0.4) is 0 Å². The summed E-state index contributed by atoms with van der Waals surface area (Å²) in [6.07, 6.45) is -1.77. The number of aromatic nitrogens is 1. The highest BCUT2D eigenvalue weighted by Gasteiger charge is 2.33. The van der Waals surface area contributed by atoms with Gasteiger partial charge in [-0.2, -0.15) is 13.2 Å². The van der Waals surface area contributed by atoms with Gasteiger partial charge in [0.15, 0.2) is 11.6 Å². The van der Waals surface area contributed by atoms with E-state index >= 15 is 0 Å². The Hall–Kier alpha value is -1.46. The van der Waals surface area contributed by atoms with E-state index < -0.39 is 11.7 Å². The number of hydrogen-bond acceptors (Lipinski definition) is 3. The summed E-state index contributed by atoms with van der Waals surface area (Å²) in [5.74, 6) is 0.500. The number of halogens is 3. The van der Waals surface area contributed by atoms with Gasteiger partial charge in [-0.15, -0.1) is 0 Å². The normalized spacial score (nSPS) is 16.0. The predicted octanol–water partition coefficient (Wildman–Crippen LogP) is 2.68. The molecule has 1 saturated carbocycles. The fourth-order valence-corrected chi connectivity index (χ4v) is 1.24. The second-order valence-electron chi connectivity index (χ2n) is 3.64. The molecule has 0 saturated heterocycles. The maximum absolute atomic E-state index is 12.4. The maximum Gasteiger partial charge on any atom is 0.418 e. The van der Waals surface area contributed by atoms with Crippen LogP contribution in [0.1, 0.15) is 18.4 Å². The Kier molecular flexibility index (Phi) is 2.65. The molecular formula is C10H11F3N2O. The van der Waals surface area contributed by atoms with Crippen LogP contribution in [0.15, 0.2) is 12.3 Å². The zero-order valence-corrected chi connectivity index (χ0v) is 8.64. The highest BCUT2D eigenvalue weighted by molar-refractivity contribution is 5.51. The highest BCUT2D eigenvalue weighted by atomic mass is 19.4. The van der Waals surface area contributed by atoms with E-state index in [1.54, 1.807) is 7.05 Å². The van der Waals surface area contributed by atoms with Gasteiger partial charge in [0.1, 0.15) is 0 Å². The number of rotatable bonds is 3. The number of nitrogens with one attached hydrogen (secondary N) is 1. The van der Waals surface area contributed by atoms with Gasteiger partial charge in [0.05, 0.1) is 11.7 Å². The molecule has 1 fully saturated rings. The second kappa shape index (κ2) is 3.84. The summed E-state index contributed by atoms with van der Waals surface area (Å²) in [5, 5.41) is 2.70. The van der Waals surface area contributed by atoms with E-state index in [1.165, 1.54) is 0 Å². The van der Waals surface area contributed by atoms with Crippen LogP contribution in [0.4, 0.5) is 19.0 Å². The standard InChI is InChI=1S/C10H11F3N2O/c1-14-9-8(16-7-2-3-7)4-6(5-15-9)10(11,12)13/h4-5,7H,2-3H2,1H3,(H,14,15). The van der Waals surface area contributed by atoms with Crippen molar-refractivity contribution in [1.82, 2.24) is 4.98 Å². The Bertz CT molecular complexity index is 388. The third-order valence-electron chi connectivity index (χ3n) is 2.23. The third kappa shape index (κ3) is 2.37. The molecule has 88 valence electrons. The van der Waals surface area contributed by atoms with Gasteiger partial charge in [0.2, 0.25) is 0 Å². The van der Waals surface area contributed by atoms with E-state index in [1.807, 2.05) is 0 Å². The van der Waals surface area contributed by atoms with E-state index in [0.717, 1.165) is 25.1 Å². The lowest BCUT2D eigenvalue weighted by atomic mass is 10.2. The molecule has 0 bridgehead atoms. The molecule has 0 aliphatic heterocycles. The largest absolute Gasteiger partial charge is 0.487 e. The molecule has 0 spiro atoms. The first kappa shape index (κ1) is 11.0. The number of hydrogen-bond donors (Lipinski definition) is 1. The molecule has 6 heteroatoms. The van der Waals surface area contributed by atoms with Gasteiger partial charge < -0.3 is 10.1 Å². The molecule has 1 aromatic heterocycles. The minimum absolute atomic E-state index is 0.0392. The van der Waals surface area contributed by atoms with E-state index in [2.05, 4.69) is 10.3 Å². The molecule has 1 aliphatic carbocycles. The lowest BCUT2D eigenvalue weighted by Crippen LogP contribution is -2.09. The first-order chi connectivity index (χ1) is 7.50. The average molecular weight is 232 g/mol. The Morgan fingerprint density at radius 2 is 2.12 bits per heavy atom. The van der Waals surface area contributed by atoms with Crippen LogP contribution in [0, 0.1) is 0 Å². The van der Waals surface area contributed by atoms with Gasteiger partial charge in [0.25, 0.3) is 0 Å². The van der Waals surface area contributed by atoms with Gasteiger partial charge in [-0.1, -0.05) is 0 Å². The summed E-state index contributed by atoms with van der Waals surface area (Å²) in [4.78, 5) is 3.69. The molecule has 3 nitrogen and oxygen atoms in total. The quantitative estimate of drug-likeness (QED) is 0.869. The van der Waals surface area contributed by atoms with Gasteiger partial charge in [-0.25, -0.2) is 4.98 Å². The number of ether oxygens (including phenoxy) is 1. The molecule has 0 atom stereocenters. The summed E-state index contributed by atoms with van der Waals surface area (Å²) in [6, 6.07) is 0.983. The van der Waals surface area contributed by atoms with Crippen LogP contribution in [0.5, 0.6) is 5.75 Å². The highest BCUT2D eigenvalue weighted by Crippen LogP contribution is 2.36. The monoisotopic (exact) mass is 232 g/mol. The first-order valence-corrected chi connectivity index (χ1v) is 4.92. The summed E-state index contributed by atoms with van der Waals surface area (Å²) in [5.41, 5.74) is -0.790. The topological polar surface area (TPSA) is 34.2 Å². The second-order valence-corrected chi connectivity index (χ2v) is 3.64. The van der Waals surface area contributed by atoms with Crippen molar-refractivity contribution in [3.05, 3.63) is 17.8 Å². The third-order valence-corrected chi connectivity index (χ3v) is 2.23. The van der Waals surface area contributed by atoms with Crippen molar-refractivity contribution in [3.63, 3.8) is 0 Å². The molecule has 16 heavy (non-hydrogen) atoms. The van der Waals surface area contributed by atoms with E-state index in [0.29, 0.717) is 5.82 Å². The number of pyridine rings is 1. The summed E-state index contributed by atoms with van der Waals surface area (Å²) in [6.45, 7) is 0. The van der Waals surface area contributed by atoms with Crippen molar-refractivity contribution in [2.75, 3.05) is 12.4 Å². The fourth-order valence-electron chi connectivity index (χ4n) is 1.24. The number of anilines is 1. The molecule has 1 heterocycles. The van der Waals surface area contributed by atoms with E-state index in [9.17, 15) is 13.2 Å². The molecule has 0 radical (unpaired) electrons. The SMILES string of the molecule is CNc1ncc(C(F)(F)F)cc1OC1CC1. The number of nitrogens with zero attached hydrogens (tertiary/aromatic N) is 1. The summed E-state index contributed by atoms with van der Waals surface area (Å²) >= 11 is 0. The van der Waals surface area contributed by atoms with Crippen LogP contribution in [0.25, 0.3) is 0 Å². The van der Waals surface area contributed by atoms with Crippen molar-refractivity contribution in [3.8, 4) is 5.75 Å². The molecular weight excluding hydrogens is 221 g/mol. The van der Waals surface area contributed by atoms with Crippen LogP contribution in [0.2, 0.25) is 0 Å². The molecule has 2 rings (SSSR count). The Labute approximate surface area is 90.6 Å². The molecule has 0 amide bonds. The van der Waals surface area contributed by atoms with Crippen LogP contribution < -0.4 is 10.1 Å². The van der Waals surface area contributed by atoms with Crippen LogP contribution >= 0.6 is 0 Å². The van der Waals surface area contributed by atoms with Crippen LogP contribution in [-0.2, 0) is 6.18 Å². The smallest absolute Gasteiger partial charge is 0.418 e. The predicted molar refractivity (Wildman–Crippen MR) is 52.4 cm³/mol. The minimum Gasteiger partial charge on any atom is -0.487 e. The van der Waals surface area contributed by atoms with Gasteiger partial charge in [-0.3, -0.25) is 0 Å². The Morgan fingerprint density at radius 3 is 2.62 bits per heavy atom. The van der Waals surface area contributed by atoms with Gasteiger partial charge in [-0.05, 0) is 18.9 Å². The van der Waals surface area contributed by atoms with Crippen molar-refractivity contribution in [2.24, 2.45) is 0 Å². The van der Waals surface area contributed by atoms with Crippen molar-refractivity contribution < 1.29 is 17.9 Å². The van der Waals surface area contributed by atoms with Gasteiger partial charge >= 0.3 is 6.18 Å².